The Hall–Kier alpha value is -2.79. The molecule has 1 aromatic heterocycles. The lowest BCUT2D eigenvalue weighted by molar-refractivity contribution is 0.102. The van der Waals surface area contributed by atoms with E-state index in [0.29, 0.717) is 16.3 Å². The number of pyridine rings is 1. The van der Waals surface area contributed by atoms with Crippen LogP contribution >= 0.6 is 11.8 Å². The van der Waals surface area contributed by atoms with E-state index in [1.54, 1.807) is 18.3 Å². The van der Waals surface area contributed by atoms with Gasteiger partial charge in [0.25, 0.3) is 5.91 Å². The molecule has 3 rings (SSSR count). The van der Waals surface area contributed by atoms with Crippen LogP contribution in [0, 0.1) is 6.92 Å². The monoisotopic (exact) mass is 350 g/mol. The standard InChI is InChI=1S/C20H18N2O2S/c1-14-5-3-6-17(13-14)24-16-10-8-15(9-11-16)22-19(23)18-7-4-12-21-20(18)25-2/h3-13H,1-2H3,(H,22,23). The summed E-state index contributed by atoms with van der Waals surface area (Å²) >= 11 is 1.45. The van der Waals surface area contributed by atoms with Gasteiger partial charge in [-0.2, -0.15) is 0 Å². The molecule has 1 heterocycles. The lowest BCUT2D eigenvalue weighted by atomic mass is 10.2. The number of nitrogens with zero attached hydrogens (tertiary/aromatic N) is 1. The van der Waals surface area contributed by atoms with E-state index in [1.165, 1.54) is 11.8 Å². The van der Waals surface area contributed by atoms with E-state index in [9.17, 15) is 4.79 Å². The van der Waals surface area contributed by atoms with Gasteiger partial charge in [0.2, 0.25) is 0 Å². The van der Waals surface area contributed by atoms with Crippen molar-refractivity contribution in [2.45, 2.75) is 11.9 Å². The topological polar surface area (TPSA) is 51.2 Å². The second-order valence-corrected chi connectivity index (χ2v) is 6.25. The van der Waals surface area contributed by atoms with E-state index in [4.69, 9.17) is 4.74 Å². The molecule has 0 saturated heterocycles. The third kappa shape index (κ3) is 4.39. The normalized spacial score (nSPS) is 10.3. The van der Waals surface area contributed by atoms with Crippen molar-refractivity contribution >= 4 is 23.4 Å². The maximum atomic E-state index is 12.4. The smallest absolute Gasteiger partial charge is 0.258 e. The SMILES string of the molecule is CSc1ncccc1C(=O)Nc1ccc(Oc2cccc(C)c2)cc1. The van der Waals surface area contributed by atoms with Gasteiger partial charge in [-0.25, -0.2) is 4.98 Å². The van der Waals surface area contributed by atoms with Crippen molar-refractivity contribution in [3.8, 4) is 11.5 Å². The molecule has 126 valence electrons. The second-order valence-electron chi connectivity index (χ2n) is 5.46. The Labute approximate surface area is 151 Å². The first-order valence-electron chi connectivity index (χ1n) is 7.80. The van der Waals surface area contributed by atoms with E-state index in [1.807, 2.05) is 61.7 Å². The first-order valence-corrected chi connectivity index (χ1v) is 9.03. The van der Waals surface area contributed by atoms with E-state index in [0.717, 1.165) is 17.1 Å². The van der Waals surface area contributed by atoms with E-state index >= 15 is 0 Å². The zero-order chi connectivity index (χ0) is 17.6. The summed E-state index contributed by atoms with van der Waals surface area (Å²) in [6, 6.07) is 18.7. The lowest BCUT2D eigenvalue weighted by Gasteiger charge is -2.09. The first-order chi connectivity index (χ1) is 12.2. The van der Waals surface area contributed by atoms with Gasteiger partial charge < -0.3 is 10.1 Å². The van der Waals surface area contributed by atoms with Crippen molar-refractivity contribution in [3.63, 3.8) is 0 Å². The third-order valence-electron chi connectivity index (χ3n) is 3.55. The van der Waals surface area contributed by atoms with Crippen molar-refractivity contribution in [2.75, 3.05) is 11.6 Å². The van der Waals surface area contributed by atoms with Crippen LogP contribution in [0.5, 0.6) is 11.5 Å². The van der Waals surface area contributed by atoms with Crippen LogP contribution in [0.3, 0.4) is 0 Å². The predicted octanol–water partition coefficient (Wildman–Crippen LogP) is 5.16. The van der Waals surface area contributed by atoms with Crippen molar-refractivity contribution in [1.82, 2.24) is 4.98 Å². The number of anilines is 1. The van der Waals surface area contributed by atoms with Gasteiger partial charge in [0.15, 0.2) is 0 Å². The van der Waals surface area contributed by atoms with Crippen LogP contribution in [0.2, 0.25) is 0 Å². The zero-order valence-corrected chi connectivity index (χ0v) is 14.8. The minimum atomic E-state index is -0.176. The number of thioether (sulfide) groups is 1. The lowest BCUT2D eigenvalue weighted by Crippen LogP contribution is -2.13. The highest BCUT2D eigenvalue weighted by Crippen LogP contribution is 2.24. The fraction of sp³-hybridized carbons (Fsp3) is 0.100. The van der Waals surface area contributed by atoms with Crippen LogP contribution in [-0.2, 0) is 0 Å². The quantitative estimate of drug-likeness (QED) is 0.646. The molecular formula is C20H18N2O2S. The Balaban J connectivity index is 1.69. The summed E-state index contributed by atoms with van der Waals surface area (Å²) in [5, 5.41) is 3.59. The maximum absolute atomic E-state index is 12.4. The maximum Gasteiger partial charge on any atom is 0.258 e. The third-order valence-corrected chi connectivity index (χ3v) is 4.26. The number of hydrogen-bond donors (Lipinski definition) is 1. The Morgan fingerprint density at radius 1 is 1.04 bits per heavy atom. The molecule has 2 aromatic carbocycles. The molecule has 0 saturated carbocycles. The summed E-state index contributed by atoms with van der Waals surface area (Å²) in [5.74, 6) is 1.33. The van der Waals surface area contributed by atoms with Crippen LogP contribution in [0.15, 0.2) is 71.9 Å². The summed E-state index contributed by atoms with van der Waals surface area (Å²) in [4.78, 5) is 16.6. The zero-order valence-electron chi connectivity index (χ0n) is 14.0. The predicted molar refractivity (Wildman–Crippen MR) is 102 cm³/mol. The molecule has 0 bridgehead atoms. The van der Waals surface area contributed by atoms with Gasteiger partial charge in [0, 0.05) is 11.9 Å². The number of benzene rings is 2. The minimum absolute atomic E-state index is 0.176. The Bertz CT molecular complexity index is 879. The van der Waals surface area contributed by atoms with Crippen LogP contribution < -0.4 is 10.1 Å². The number of ether oxygens (including phenoxy) is 1. The minimum Gasteiger partial charge on any atom is -0.457 e. The molecule has 0 aliphatic heterocycles. The van der Waals surface area contributed by atoms with Crippen LogP contribution in [0.1, 0.15) is 15.9 Å². The Morgan fingerprint density at radius 2 is 1.84 bits per heavy atom. The van der Waals surface area contributed by atoms with Crippen molar-refractivity contribution in [2.24, 2.45) is 0 Å². The number of nitrogens with one attached hydrogen (secondary N) is 1. The molecule has 1 N–H and O–H groups in total. The molecule has 0 aliphatic rings. The molecule has 0 atom stereocenters. The molecule has 0 fully saturated rings. The molecule has 0 spiro atoms. The van der Waals surface area contributed by atoms with Crippen molar-refractivity contribution in [1.29, 1.82) is 0 Å². The number of aryl methyl sites for hydroxylation is 1. The summed E-state index contributed by atoms with van der Waals surface area (Å²) < 4.78 is 5.81. The van der Waals surface area contributed by atoms with Gasteiger partial charge in [-0.05, 0) is 67.3 Å². The highest BCUT2D eigenvalue weighted by molar-refractivity contribution is 7.98. The molecule has 5 heteroatoms. The summed E-state index contributed by atoms with van der Waals surface area (Å²) in [6.07, 6.45) is 3.58. The molecule has 3 aromatic rings. The van der Waals surface area contributed by atoms with Crippen LogP contribution in [0.4, 0.5) is 5.69 Å². The molecule has 25 heavy (non-hydrogen) atoms. The van der Waals surface area contributed by atoms with E-state index in [2.05, 4.69) is 10.3 Å². The molecule has 0 unspecified atom stereocenters. The average Bonchev–Trinajstić information content (AvgIpc) is 2.63. The first kappa shape index (κ1) is 17.0. The number of carbonyl (C=O) groups is 1. The molecule has 4 nitrogen and oxygen atoms in total. The van der Waals surface area contributed by atoms with Crippen molar-refractivity contribution in [3.05, 3.63) is 78.0 Å². The van der Waals surface area contributed by atoms with Crippen LogP contribution in [0.25, 0.3) is 0 Å². The number of aromatic nitrogens is 1. The van der Waals surface area contributed by atoms with Gasteiger partial charge in [-0.15, -0.1) is 11.8 Å². The summed E-state index contributed by atoms with van der Waals surface area (Å²) in [7, 11) is 0. The van der Waals surface area contributed by atoms with Gasteiger partial charge in [0.05, 0.1) is 5.56 Å². The number of rotatable bonds is 5. The highest BCUT2D eigenvalue weighted by Gasteiger charge is 2.11. The van der Waals surface area contributed by atoms with E-state index < -0.39 is 0 Å². The highest BCUT2D eigenvalue weighted by atomic mass is 32.2. The van der Waals surface area contributed by atoms with Gasteiger partial charge in [-0.3, -0.25) is 4.79 Å². The Kier molecular flexibility index (Phi) is 5.36. The summed E-state index contributed by atoms with van der Waals surface area (Å²) in [6.45, 7) is 2.02. The number of carbonyl (C=O) groups excluding carboxylic acids is 1. The molecular weight excluding hydrogens is 332 g/mol. The number of hydrogen-bond acceptors (Lipinski definition) is 4. The second kappa shape index (κ2) is 7.85. The largest absolute Gasteiger partial charge is 0.457 e. The van der Waals surface area contributed by atoms with Crippen molar-refractivity contribution < 1.29 is 9.53 Å². The fourth-order valence-corrected chi connectivity index (χ4v) is 2.89. The van der Waals surface area contributed by atoms with Gasteiger partial charge in [-0.1, -0.05) is 12.1 Å². The molecule has 0 aliphatic carbocycles. The molecule has 0 radical (unpaired) electrons. The van der Waals surface area contributed by atoms with Gasteiger partial charge in [0.1, 0.15) is 16.5 Å². The fourth-order valence-electron chi connectivity index (χ4n) is 2.35. The summed E-state index contributed by atoms with van der Waals surface area (Å²) in [5.41, 5.74) is 2.41. The average molecular weight is 350 g/mol. The Morgan fingerprint density at radius 3 is 2.56 bits per heavy atom. The van der Waals surface area contributed by atoms with E-state index in [-0.39, 0.29) is 5.91 Å². The number of amides is 1. The molecule has 1 amide bonds. The van der Waals surface area contributed by atoms with Crippen LogP contribution in [-0.4, -0.2) is 17.1 Å². The van der Waals surface area contributed by atoms with Gasteiger partial charge >= 0.3 is 0 Å².